The van der Waals surface area contributed by atoms with E-state index in [-0.39, 0.29) is 18.9 Å². The maximum absolute atomic E-state index is 11.5. The number of rotatable bonds is 6. The van der Waals surface area contributed by atoms with E-state index in [0.29, 0.717) is 12.8 Å². The Hall–Kier alpha value is -1.84. The standard InChI is InChI=1S/C15H19NO3/c17-14(16-9-8-15(18)19)7-5-11-4-6-12-2-1-3-13(12)10-11/h4,6,10H,1-3,5,7-9H2,(H,16,17)(H,18,19). The summed E-state index contributed by atoms with van der Waals surface area (Å²) < 4.78 is 0. The van der Waals surface area contributed by atoms with E-state index in [2.05, 4.69) is 23.5 Å². The molecule has 0 spiro atoms. The minimum atomic E-state index is -0.890. The van der Waals surface area contributed by atoms with Crippen molar-refractivity contribution in [3.63, 3.8) is 0 Å². The SMILES string of the molecule is O=C(O)CCNC(=O)CCc1ccc2c(c1)CCC2. The monoisotopic (exact) mass is 261 g/mol. The molecule has 1 aromatic carbocycles. The van der Waals surface area contributed by atoms with Crippen LogP contribution < -0.4 is 5.32 Å². The molecule has 0 aliphatic heterocycles. The van der Waals surface area contributed by atoms with Crippen LogP contribution in [0.2, 0.25) is 0 Å². The molecule has 4 nitrogen and oxygen atoms in total. The average molecular weight is 261 g/mol. The second-order valence-corrected chi connectivity index (χ2v) is 4.95. The zero-order valence-corrected chi connectivity index (χ0v) is 10.9. The second kappa shape index (κ2) is 6.36. The number of fused-ring (bicyclic) bond motifs is 1. The van der Waals surface area contributed by atoms with E-state index in [9.17, 15) is 9.59 Å². The summed E-state index contributed by atoms with van der Waals surface area (Å²) in [4.78, 5) is 21.8. The second-order valence-electron chi connectivity index (χ2n) is 4.95. The van der Waals surface area contributed by atoms with Gasteiger partial charge in [-0.05, 0) is 42.4 Å². The molecular formula is C15H19NO3. The van der Waals surface area contributed by atoms with E-state index in [1.807, 2.05) is 0 Å². The highest BCUT2D eigenvalue weighted by Gasteiger charge is 2.11. The summed E-state index contributed by atoms with van der Waals surface area (Å²) in [5.74, 6) is -0.972. The van der Waals surface area contributed by atoms with Gasteiger partial charge in [-0.25, -0.2) is 0 Å². The van der Waals surface area contributed by atoms with Gasteiger partial charge in [0.05, 0.1) is 6.42 Å². The van der Waals surface area contributed by atoms with Crippen molar-refractivity contribution in [2.24, 2.45) is 0 Å². The number of aryl methyl sites for hydroxylation is 3. The summed E-state index contributed by atoms with van der Waals surface area (Å²) in [6, 6.07) is 6.46. The summed E-state index contributed by atoms with van der Waals surface area (Å²) in [5.41, 5.74) is 4.05. The summed E-state index contributed by atoms with van der Waals surface area (Å²) in [6.07, 6.45) is 4.66. The molecule has 1 aliphatic rings. The minimum absolute atomic E-state index is 0.0232. The zero-order chi connectivity index (χ0) is 13.7. The number of carboxylic acids is 1. The summed E-state index contributed by atoms with van der Waals surface area (Å²) in [6.45, 7) is 0.207. The van der Waals surface area contributed by atoms with Crippen LogP contribution in [0.3, 0.4) is 0 Å². The highest BCUT2D eigenvalue weighted by Crippen LogP contribution is 2.23. The maximum atomic E-state index is 11.5. The molecule has 1 aromatic rings. The van der Waals surface area contributed by atoms with Crippen molar-refractivity contribution in [1.29, 1.82) is 0 Å². The predicted octanol–water partition coefficient (Wildman–Crippen LogP) is 1.70. The minimum Gasteiger partial charge on any atom is -0.481 e. The van der Waals surface area contributed by atoms with Gasteiger partial charge in [0.25, 0.3) is 0 Å². The normalized spacial score (nSPS) is 13.1. The molecule has 0 atom stereocenters. The quantitative estimate of drug-likeness (QED) is 0.819. The van der Waals surface area contributed by atoms with Crippen LogP contribution in [0.25, 0.3) is 0 Å². The largest absolute Gasteiger partial charge is 0.481 e. The Labute approximate surface area is 112 Å². The molecule has 1 amide bonds. The number of carbonyl (C=O) groups is 2. The van der Waals surface area contributed by atoms with Crippen molar-refractivity contribution in [3.05, 3.63) is 34.9 Å². The third-order valence-corrected chi connectivity index (χ3v) is 3.46. The van der Waals surface area contributed by atoms with Crippen LogP contribution in [0.15, 0.2) is 18.2 Å². The van der Waals surface area contributed by atoms with Crippen molar-refractivity contribution in [2.75, 3.05) is 6.54 Å². The van der Waals surface area contributed by atoms with Gasteiger partial charge >= 0.3 is 5.97 Å². The fourth-order valence-corrected chi connectivity index (χ4v) is 2.44. The van der Waals surface area contributed by atoms with E-state index in [1.54, 1.807) is 0 Å². The third-order valence-electron chi connectivity index (χ3n) is 3.46. The molecule has 0 bridgehead atoms. The van der Waals surface area contributed by atoms with Crippen molar-refractivity contribution in [1.82, 2.24) is 5.32 Å². The predicted molar refractivity (Wildman–Crippen MR) is 72.1 cm³/mol. The first-order valence-corrected chi connectivity index (χ1v) is 6.74. The summed E-state index contributed by atoms with van der Waals surface area (Å²) in [7, 11) is 0. The zero-order valence-electron chi connectivity index (χ0n) is 10.9. The van der Waals surface area contributed by atoms with Gasteiger partial charge in [0.1, 0.15) is 0 Å². The van der Waals surface area contributed by atoms with Crippen molar-refractivity contribution in [3.8, 4) is 0 Å². The van der Waals surface area contributed by atoms with Gasteiger partial charge in [-0.15, -0.1) is 0 Å². The Morgan fingerprint density at radius 2 is 1.95 bits per heavy atom. The Kier molecular flexibility index (Phi) is 4.55. The molecule has 0 saturated carbocycles. The molecule has 19 heavy (non-hydrogen) atoms. The van der Waals surface area contributed by atoms with Crippen LogP contribution in [0.1, 0.15) is 36.0 Å². The van der Waals surface area contributed by atoms with E-state index in [4.69, 9.17) is 5.11 Å². The topological polar surface area (TPSA) is 66.4 Å². The maximum Gasteiger partial charge on any atom is 0.305 e. The molecule has 102 valence electrons. The first-order valence-electron chi connectivity index (χ1n) is 6.74. The number of carboxylic acid groups (broad SMARTS) is 1. The molecule has 4 heteroatoms. The fourth-order valence-electron chi connectivity index (χ4n) is 2.44. The molecule has 0 heterocycles. The van der Waals surface area contributed by atoms with Crippen molar-refractivity contribution in [2.45, 2.75) is 38.5 Å². The van der Waals surface area contributed by atoms with Gasteiger partial charge in [-0.2, -0.15) is 0 Å². The Morgan fingerprint density at radius 3 is 2.74 bits per heavy atom. The summed E-state index contributed by atoms with van der Waals surface area (Å²) >= 11 is 0. The van der Waals surface area contributed by atoms with Crippen LogP contribution >= 0.6 is 0 Å². The van der Waals surface area contributed by atoms with Crippen LogP contribution in [0, 0.1) is 0 Å². The highest BCUT2D eigenvalue weighted by molar-refractivity contribution is 5.77. The first kappa shape index (κ1) is 13.6. The molecule has 1 aliphatic carbocycles. The van der Waals surface area contributed by atoms with E-state index >= 15 is 0 Å². The van der Waals surface area contributed by atoms with Gasteiger partial charge in [0, 0.05) is 13.0 Å². The molecule has 0 fully saturated rings. The van der Waals surface area contributed by atoms with Gasteiger partial charge in [0.15, 0.2) is 0 Å². The Morgan fingerprint density at radius 1 is 1.16 bits per heavy atom. The molecule has 0 unspecified atom stereocenters. The lowest BCUT2D eigenvalue weighted by Gasteiger charge is -2.06. The fraction of sp³-hybridized carbons (Fsp3) is 0.467. The molecule has 0 radical (unpaired) electrons. The molecular weight excluding hydrogens is 242 g/mol. The lowest BCUT2D eigenvalue weighted by molar-refractivity contribution is -0.136. The van der Waals surface area contributed by atoms with Crippen LogP contribution in [0.4, 0.5) is 0 Å². The number of amides is 1. The lowest BCUT2D eigenvalue weighted by Crippen LogP contribution is -2.26. The average Bonchev–Trinajstić information content (AvgIpc) is 2.83. The van der Waals surface area contributed by atoms with Gasteiger partial charge < -0.3 is 10.4 Å². The Bertz CT molecular complexity index is 482. The highest BCUT2D eigenvalue weighted by atomic mass is 16.4. The van der Waals surface area contributed by atoms with Gasteiger partial charge in [-0.3, -0.25) is 9.59 Å². The van der Waals surface area contributed by atoms with Crippen molar-refractivity contribution >= 4 is 11.9 Å². The lowest BCUT2D eigenvalue weighted by atomic mass is 10.0. The van der Waals surface area contributed by atoms with Gasteiger partial charge in [-0.1, -0.05) is 18.2 Å². The molecule has 2 rings (SSSR count). The number of benzene rings is 1. The molecule has 0 aromatic heterocycles. The molecule has 0 saturated heterocycles. The number of aliphatic carboxylic acids is 1. The van der Waals surface area contributed by atoms with E-state index < -0.39 is 5.97 Å². The van der Waals surface area contributed by atoms with Crippen LogP contribution in [-0.4, -0.2) is 23.5 Å². The number of nitrogens with one attached hydrogen (secondary N) is 1. The smallest absolute Gasteiger partial charge is 0.305 e. The third kappa shape index (κ3) is 4.09. The number of hydrogen-bond donors (Lipinski definition) is 2. The van der Waals surface area contributed by atoms with Crippen molar-refractivity contribution < 1.29 is 14.7 Å². The number of carbonyl (C=O) groups excluding carboxylic acids is 1. The Balaban J connectivity index is 1.76. The van der Waals surface area contributed by atoms with Crippen LogP contribution in [-0.2, 0) is 28.9 Å². The van der Waals surface area contributed by atoms with Crippen LogP contribution in [0.5, 0.6) is 0 Å². The van der Waals surface area contributed by atoms with Gasteiger partial charge in [0.2, 0.25) is 5.91 Å². The number of hydrogen-bond acceptors (Lipinski definition) is 2. The van der Waals surface area contributed by atoms with E-state index in [1.165, 1.54) is 29.5 Å². The first-order chi connectivity index (χ1) is 9.15. The van der Waals surface area contributed by atoms with E-state index in [0.717, 1.165) is 6.42 Å². The summed E-state index contributed by atoms with van der Waals surface area (Å²) in [5, 5.41) is 11.1. The molecule has 2 N–H and O–H groups in total.